The lowest BCUT2D eigenvalue weighted by Gasteiger charge is -2.16. The Morgan fingerprint density at radius 3 is 2.27 bits per heavy atom. The number of ether oxygens (including phenoxy) is 3. The topological polar surface area (TPSA) is 109 Å². The molecule has 0 saturated heterocycles. The Morgan fingerprint density at radius 2 is 1.69 bits per heavy atom. The summed E-state index contributed by atoms with van der Waals surface area (Å²) in [7, 11) is 4.57. The third kappa shape index (κ3) is 3.16. The lowest BCUT2D eigenvalue weighted by Crippen LogP contribution is -2.17. The minimum atomic E-state index is -0.695. The Hall–Kier alpha value is -3.55. The van der Waals surface area contributed by atoms with Gasteiger partial charge in [-0.05, 0) is 12.1 Å². The number of nitrogens with two attached hydrogens (primary N) is 1. The van der Waals surface area contributed by atoms with Crippen LogP contribution in [0, 0.1) is 0 Å². The van der Waals surface area contributed by atoms with Crippen LogP contribution < -0.4 is 25.3 Å². The number of fused-ring (bicyclic) bond motifs is 1. The summed E-state index contributed by atoms with van der Waals surface area (Å²) in [5.74, 6) is 0.950. The van der Waals surface area contributed by atoms with E-state index in [0.717, 1.165) is 0 Å². The molecule has 0 atom stereocenters. The number of anilines is 2. The molecule has 3 N–H and O–H groups in total. The van der Waals surface area contributed by atoms with Crippen molar-refractivity contribution in [3.8, 4) is 17.2 Å². The van der Waals surface area contributed by atoms with Gasteiger partial charge < -0.3 is 25.3 Å². The molecule has 3 rings (SSSR count). The van der Waals surface area contributed by atoms with E-state index in [1.54, 1.807) is 24.3 Å². The summed E-state index contributed by atoms with van der Waals surface area (Å²) in [4.78, 5) is 20.6. The Morgan fingerprint density at radius 1 is 1.00 bits per heavy atom. The molecular formula is C18H18N4O4. The van der Waals surface area contributed by atoms with Gasteiger partial charge in [-0.15, -0.1) is 0 Å². The maximum Gasteiger partial charge on any atom is 0.271 e. The molecule has 26 heavy (non-hydrogen) atoms. The van der Waals surface area contributed by atoms with Crippen molar-refractivity contribution in [3.05, 3.63) is 42.1 Å². The van der Waals surface area contributed by atoms with Crippen LogP contribution in [0.3, 0.4) is 0 Å². The molecule has 1 heterocycles. The molecule has 0 radical (unpaired) electrons. The quantitative estimate of drug-likeness (QED) is 0.700. The van der Waals surface area contributed by atoms with E-state index < -0.39 is 5.91 Å². The highest BCUT2D eigenvalue weighted by Gasteiger charge is 2.18. The van der Waals surface area contributed by atoms with Crippen LogP contribution in [-0.4, -0.2) is 37.2 Å². The van der Waals surface area contributed by atoms with E-state index in [9.17, 15) is 4.79 Å². The van der Waals surface area contributed by atoms with Crippen molar-refractivity contribution in [3.63, 3.8) is 0 Å². The Labute approximate surface area is 149 Å². The number of hydrogen-bond acceptors (Lipinski definition) is 7. The summed E-state index contributed by atoms with van der Waals surface area (Å²) < 4.78 is 16.0. The highest BCUT2D eigenvalue weighted by Crippen LogP contribution is 2.40. The maximum atomic E-state index is 11.9. The summed E-state index contributed by atoms with van der Waals surface area (Å²) >= 11 is 0. The highest BCUT2D eigenvalue weighted by molar-refractivity contribution is 5.98. The molecule has 0 aliphatic heterocycles. The van der Waals surface area contributed by atoms with Crippen LogP contribution in [0.25, 0.3) is 11.0 Å². The van der Waals surface area contributed by atoms with Crippen LogP contribution in [0.15, 0.2) is 36.4 Å². The molecule has 0 bridgehead atoms. The number of methoxy groups -OCH3 is 3. The van der Waals surface area contributed by atoms with E-state index in [1.807, 2.05) is 12.1 Å². The Kier molecular flexibility index (Phi) is 4.74. The second-order valence-electron chi connectivity index (χ2n) is 5.31. The minimum Gasteiger partial charge on any atom is -0.497 e. The largest absolute Gasteiger partial charge is 0.497 e. The van der Waals surface area contributed by atoms with E-state index in [0.29, 0.717) is 34.0 Å². The normalized spacial score (nSPS) is 10.4. The summed E-state index contributed by atoms with van der Waals surface area (Å²) in [6, 6.07) is 10.6. The molecule has 134 valence electrons. The van der Waals surface area contributed by atoms with Crippen LogP contribution >= 0.6 is 0 Å². The number of hydrogen-bond donors (Lipinski definition) is 2. The van der Waals surface area contributed by atoms with Crippen LogP contribution in [0.2, 0.25) is 0 Å². The van der Waals surface area contributed by atoms with E-state index in [4.69, 9.17) is 19.9 Å². The van der Waals surface area contributed by atoms with Gasteiger partial charge in [0, 0.05) is 12.1 Å². The second-order valence-corrected chi connectivity index (χ2v) is 5.31. The van der Waals surface area contributed by atoms with Crippen LogP contribution in [0.4, 0.5) is 11.5 Å². The average molecular weight is 354 g/mol. The first kappa shape index (κ1) is 17.3. The number of carbonyl (C=O) groups is 1. The van der Waals surface area contributed by atoms with Crippen molar-refractivity contribution in [2.24, 2.45) is 5.73 Å². The monoisotopic (exact) mass is 354 g/mol. The molecule has 0 unspecified atom stereocenters. The molecule has 1 aromatic heterocycles. The lowest BCUT2D eigenvalue weighted by atomic mass is 10.2. The number of aromatic nitrogens is 2. The third-order valence-electron chi connectivity index (χ3n) is 3.75. The maximum absolute atomic E-state index is 11.9. The molecule has 8 nitrogen and oxygen atoms in total. The van der Waals surface area contributed by atoms with Gasteiger partial charge in [-0.3, -0.25) is 4.79 Å². The Balaban J connectivity index is 2.16. The zero-order valence-corrected chi connectivity index (χ0v) is 14.6. The van der Waals surface area contributed by atoms with Crippen LogP contribution in [-0.2, 0) is 0 Å². The van der Waals surface area contributed by atoms with Gasteiger partial charge in [0.15, 0.2) is 23.0 Å². The SMILES string of the molecule is COc1cc(Nc2nc3ccccc3nc2C(N)=O)c(OC)c(OC)c1. The van der Waals surface area contributed by atoms with E-state index in [1.165, 1.54) is 21.3 Å². The fourth-order valence-corrected chi connectivity index (χ4v) is 2.54. The van der Waals surface area contributed by atoms with E-state index in [2.05, 4.69) is 15.3 Å². The van der Waals surface area contributed by atoms with Crippen molar-refractivity contribution < 1.29 is 19.0 Å². The van der Waals surface area contributed by atoms with E-state index in [-0.39, 0.29) is 11.5 Å². The number of amides is 1. The summed E-state index contributed by atoms with van der Waals surface area (Å²) in [5, 5.41) is 3.06. The van der Waals surface area contributed by atoms with Gasteiger partial charge in [0.1, 0.15) is 5.75 Å². The molecule has 1 amide bonds. The molecule has 8 heteroatoms. The molecule has 0 aliphatic rings. The van der Waals surface area contributed by atoms with Crippen molar-refractivity contribution in [2.75, 3.05) is 26.6 Å². The molecule has 0 fully saturated rings. The number of rotatable bonds is 6. The first-order valence-electron chi connectivity index (χ1n) is 7.71. The highest BCUT2D eigenvalue weighted by atomic mass is 16.5. The molecule has 0 aliphatic carbocycles. The predicted octanol–water partition coefficient (Wildman–Crippen LogP) is 2.50. The fourth-order valence-electron chi connectivity index (χ4n) is 2.54. The predicted molar refractivity (Wildman–Crippen MR) is 97.4 cm³/mol. The van der Waals surface area contributed by atoms with Crippen molar-refractivity contribution >= 4 is 28.4 Å². The molecular weight excluding hydrogens is 336 g/mol. The number of benzene rings is 2. The van der Waals surface area contributed by atoms with Gasteiger partial charge in [-0.2, -0.15) is 0 Å². The number of para-hydroxylation sites is 2. The number of primary amides is 1. The first-order chi connectivity index (χ1) is 12.6. The minimum absolute atomic E-state index is 0.0209. The number of nitrogens with zero attached hydrogens (tertiary/aromatic N) is 2. The third-order valence-corrected chi connectivity index (χ3v) is 3.75. The molecule has 3 aromatic rings. The van der Waals surface area contributed by atoms with Gasteiger partial charge in [-0.25, -0.2) is 9.97 Å². The summed E-state index contributed by atoms with van der Waals surface area (Å²) in [6.07, 6.45) is 0. The first-order valence-corrected chi connectivity index (χ1v) is 7.71. The second kappa shape index (κ2) is 7.14. The smallest absolute Gasteiger partial charge is 0.271 e. The zero-order valence-electron chi connectivity index (χ0n) is 14.6. The van der Waals surface area contributed by atoms with Gasteiger partial charge in [0.25, 0.3) is 5.91 Å². The van der Waals surface area contributed by atoms with Gasteiger partial charge in [0.2, 0.25) is 0 Å². The summed E-state index contributed by atoms with van der Waals surface area (Å²) in [6.45, 7) is 0. The van der Waals surface area contributed by atoms with Crippen LogP contribution in [0.5, 0.6) is 17.2 Å². The average Bonchev–Trinajstić information content (AvgIpc) is 2.66. The molecule has 2 aromatic carbocycles. The van der Waals surface area contributed by atoms with Crippen LogP contribution in [0.1, 0.15) is 10.5 Å². The van der Waals surface area contributed by atoms with Gasteiger partial charge in [0.05, 0.1) is 38.1 Å². The van der Waals surface area contributed by atoms with Crippen molar-refractivity contribution in [1.82, 2.24) is 9.97 Å². The van der Waals surface area contributed by atoms with Gasteiger partial charge in [-0.1, -0.05) is 12.1 Å². The van der Waals surface area contributed by atoms with Crippen molar-refractivity contribution in [2.45, 2.75) is 0 Å². The zero-order chi connectivity index (χ0) is 18.7. The lowest BCUT2D eigenvalue weighted by molar-refractivity contribution is 0.0996. The Bertz CT molecular complexity index is 975. The number of carbonyl (C=O) groups excluding carboxylic acids is 1. The van der Waals surface area contributed by atoms with Crippen molar-refractivity contribution in [1.29, 1.82) is 0 Å². The fraction of sp³-hybridized carbons (Fsp3) is 0.167. The summed E-state index contributed by atoms with van der Waals surface area (Å²) in [5.41, 5.74) is 7.19. The van der Waals surface area contributed by atoms with E-state index >= 15 is 0 Å². The molecule has 0 saturated carbocycles. The molecule has 0 spiro atoms. The standard InChI is InChI=1S/C18H18N4O4/c1-24-10-8-13(16(26-3)14(9-10)25-2)22-18-15(17(19)23)20-11-6-4-5-7-12(11)21-18/h4-9H,1-3H3,(H2,19,23)(H,21,22). The van der Waals surface area contributed by atoms with Gasteiger partial charge >= 0.3 is 0 Å². The number of nitrogens with one attached hydrogen (secondary N) is 1.